The lowest BCUT2D eigenvalue weighted by molar-refractivity contribution is 0.328. The predicted molar refractivity (Wildman–Crippen MR) is 92.7 cm³/mol. The Labute approximate surface area is 143 Å². The molecule has 1 aromatic heterocycles. The van der Waals surface area contributed by atoms with Crippen molar-refractivity contribution in [3.05, 3.63) is 17.0 Å². The number of rotatable bonds is 8. The van der Waals surface area contributed by atoms with Gasteiger partial charge in [-0.05, 0) is 31.4 Å². The lowest BCUT2D eigenvalue weighted by Gasteiger charge is -2.26. The van der Waals surface area contributed by atoms with E-state index in [0.29, 0.717) is 0 Å². The van der Waals surface area contributed by atoms with E-state index in [9.17, 15) is 16.8 Å². The molecule has 0 spiro atoms. The van der Waals surface area contributed by atoms with Crippen LogP contribution in [0.3, 0.4) is 0 Å². The molecule has 2 rings (SSSR count). The molecular weight excluding hydrogens is 356 g/mol. The Morgan fingerprint density at radius 3 is 2.39 bits per heavy atom. The van der Waals surface area contributed by atoms with Crippen molar-refractivity contribution in [2.45, 2.75) is 49.3 Å². The highest BCUT2D eigenvalue weighted by Gasteiger charge is 2.29. The predicted octanol–water partition coefficient (Wildman–Crippen LogP) is 1.79. The van der Waals surface area contributed by atoms with Gasteiger partial charge in [0.15, 0.2) is 0 Å². The summed E-state index contributed by atoms with van der Waals surface area (Å²) < 4.78 is 52.6. The van der Waals surface area contributed by atoms with Gasteiger partial charge in [0.2, 0.25) is 20.0 Å². The van der Waals surface area contributed by atoms with Crippen molar-refractivity contribution >= 4 is 31.4 Å². The number of hydrogen-bond acceptors (Lipinski definition) is 5. The molecule has 23 heavy (non-hydrogen) atoms. The molecule has 1 aliphatic rings. The zero-order valence-corrected chi connectivity index (χ0v) is 15.9. The first-order chi connectivity index (χ1) is 10.7. The first kappa shape index (κ1) is 18.9. The molecule has 0 aliphatic heterocycles. The highest BCUT2D eigenvalue weighted by molar-refractivity contribution is 7.91. The molecule has 1 saturated carbocycles. The van der Waals surface area contributed by atoms with Gasteiger partial charge in [0.25, 0.3) is 0 Å². The first-order valence-electron chi connectivity index (χ1n) is 7.79. The minimum absolute atomic E-state index is 0.00272. The summed E-state index contributed by atoms with van der Waals surface area (Å²) in [6.07, 6.45) is 5.74. The van der Waals surface area contributed by atoms with Crippen LogP contribution in [0.5, 0.6) is 0 Å². The summed E-state index contributed by atoms with van der Waals surface area (Å²) in [5.41, 5.74) is 0. The normalized spacial score (nSPS) is 17.2. The summed E-state index contributed by atoms with van der Waals surface area (Å²) in [5.74, 6) is 0. The van der Waals surface area contributed by atoms with E-state index in [4.69, 9.17) is 0 Å². The maximum Gasteiger partial charge on any atom is 0.250 e. The average Bonchev–Trinajstić information content (AvgIpc) is 3.13. The number of nitrogens with zero attached hydrogens (tertiary/aromatic N) is 1. The van der Waals surface area contributed by atoms with E-state index >= 15 is 0 Å². The molecule has 1 heterocycles. The summed E-state index contributed by atoms with van der Waals surface area (Å²) in [5, 5.41) is 0. The molecule has 0 aromatic carbocycles. The zero-order chi connectivity index (χ0) is 17.1. The van der Waals surface area contributed by atoms with Gasteiger partial charge in [0.05, 0.1) is 6.26 Å². The molecule has 132 valence electrons. The van der Waals surface area contributed by atoms with E-state index in [1.165, 1.54) is 21.9 Å². The van der Waals surface area contributed by atoms with Gasteiger partial charge in [0, 0.05) is 24.0 Å². The van der Waals surface area contributed by atoms with E-state index in [1.807, 2.05) is 6.92 Å². The third kappa shape index (κ3) is 4.99. The lowest BCUT2D eigenvalue weighted by Crippen LogP contribution is -2.43. The van der Waals surface area contributed by atoms with Crippen LogP contribution in [0.4, 0.5) is 0 Å². The molecule has 1 aliphatic carbocycles. The van der Waals surface area contributed by atoms with Crippen molar-refractivity contribution in [2.24, 2.45) is 0 Å². The Bertz CT molecular complexity index is 719. The van der Waals surface area contributed by atoms with Crippen molar-refractivity contribution in [3.8, 4) is 0 Å². The van der Waals surface area contributed by atoms with Crippen LogP contribution in [0, 0.1) is 0 Å². The largest absolute Gasteiger partial charge is 0.250 e. The minimum atomic E-state index is -3.57. The van der Waals surface area contributed by atoms with Crippen LogP contribution >= 0.6 is 11.3 Å². The van der Waals surface area contributed by atoms with E-state index in [1.54, 1.807) is 12.1 Å². The van der Waals surface area contributed by atoms with Gasteiger partial charge >= 0.3 is 0 Å². The van der Waals surface area contributed by atoms with Crippen LogP contribution in [-0.4, -0.2) is 46.5 Å². The summed E-state index contributed by atoms with van der Waals surface area (Å²) in [6, 6.07) is 3.40. The summed E-state index contributed by atoms with van der Waals surface area (Å²) in [6.45, 7) is 2.24. The number of nitrogens with one attached hydrogen (secondary N) is 1. The standard InChI is InChI=1S/C14H24N2O4S3/c1-3-13-8-9-14(21-13)23(19,20)15-10-11-16(22(2,17)18)12-6-4-5-7-12/h8-9,12,15H,3-7,10-11H2,1-2H3. The Morgan fingerprint density at radius 1 is 1.22 bits per heavy atom. The highest BCUT2D eigenvalue weighted by Crippen LogP contribution is 2.25. The molecule has 1 N–H and O–H groups in total. The first-order valence-corrected chi connectivity index (χ1v) is 11.9. The van der Waals surface area contributed by atoms with Gasteiger partial charge in [0.1, 0.15) is 4.21 Å². The summed E-state index contributed by atoms with van der Waals surface area (Å²) in [4.78, 5) is 1.01. The average molecular weight is 381 g/mol. The van der Waals surface area contributed by atoms with Crippen molar-refractivity contribution in [2.75, 3.05) is 19.3 Å². The molecule has 0 radical (unpaired) electrons. The van der Waals surface area contributed by atoms with E-state index in [2.05, 4.69) is 4.72 Å². The Balaban J connectivity index is 1.98. The fourth-order valence-electron chi connectivity index (χ4n) is 2.87. The monoisotopic (exact) mass is 380 g/mol. The second kappa shape index (κ2) is 7.60. The van der Waals surface area contributed by atoms with Crippen molar-refractivity contribution in [1.29, 1.82) is 0 Å². The van der Waals surface area contributed by atoms with Crippen molar-refractivity contribution in [3.63, 3.8) is 0 Å². The molecule has 0 amide bonds. The van der Waals surface area contributed by atoms with Crippen LogP contribution in [0.1, 0.15) is 37.5 Å². The molecule has 6 nitrogen and oxygen atoms in total. The molecule has 9 heteroatoms. The van der Waals surface area contributed by atoms with E-state index in [-0.39, 0.29) is 23.3 Å². The number of aryl methyl sites for hydroxylation is 1. The summed E-state index contributed by atoms with van der Waals surface area (Å²) in [7, 11) is -6.90. The van der Waals surface area contributed by atoms with Crippen LogP contribution in [0.15, 0.2) is 16.3 Å². The van der Waals surface area contributed by atoms with Gasteiger partial charge in [-0.25, -0.2) is 21.6 Å². The molecule has 1 fully saturated rings. The van der Waals surface area contributed by atoms with Gasteiger partial charge in [-0.3, -0.25) is 0 Å². The third-order valence-electron chi connectivity index (χ3n) is 4.03. The van der Waals surface area contributed by atoms with Gasteiger partial charge < -0.3 is 0 Å². The molecule has 0 bridgehead atoms. The fourth-order valence-corrected chi connectivity index (χ4v) is 6.40. The van der Waals surface area contributed by atoms with Gasteiger partial charge in [-0.1, -0.05) is 19.8 Å². The SMILES string of the molecule is CCc1ccc(S(=O)(=O)NCCN(C2CCCC2)S(C)(=O)=O)s1. The summed E-state index contributed by atoms with van der Waals surface area (Å²) >= 11 is 1.25. The highest BCUT2D eigenvalue weighted by atomic mass is 32.2. The van der Waals surface area contributed by atoms with E-state index in [0.717, 1.165) is 37.0 Å². The quantitative estimate of drug-likeness (QED) is 0.745. The molecule has 1 aromatic rings. The maximum atomic E-state index is 12.2. The molecule has 0 saturated heterocycles. The second-order valence-electron chi connectivity index (χ2n) is 5.78. The molecular formula is C14H24N2O4S3. The van der Waals surface area contributed by atoms with Gasteiger partial charge in [-0.2, -0.15) is 4.31 Å². The van der Waals surface area contributed by atoms with Gasteiger partial charge in [-0.15, -0.1) is 11.3 Å². The third-order valence-corrected chi connectivity index (χ3v) is 8.55. The van der Waals surface area contributed by atoms with Crippen LogP contribution in [0.2, 0.25) is 0 Å². The van der Waals surface area contributed by atoms with Crippen LogP contribution in [0.25, 0.3) is 0 Å². The van der Waals surface area contributed by atoms with E-state index < -0.39 is 20.0 Å². The minimum Gasteiger partial charge on any atom is -0.212 e. The smallest absolute Gasteiger partial charge is 0.212 e. The Hall–Kier alpha value is -0.480. The number of thiophene rings is 1. The fraction of sp³-hybridized carbons (Fsp3) is 0.714. The van der Waals surface area contributed by atoms with Crippen molar-refractivity contribution < 1.29 is 16.8 Å². The van der Waals surface area contributed by atoms with Crippen molar-refractivity contribution in [1.82, 2.24) is 9.03 Å². The lowest BCUT2D eigenvalue weighted by atomic mass is 10.2. The maximum absolute atomic E-state index is 12.2. The van der Waals surface area contributed by atoms with Crippen LogP contribution < -0.4 is 4.72 Å². The molecule has 0 unspecified atom stereocenters. The Kier molecular flexibility index (Phi) is 6.23. The topological polar surface area (TPSA) is 83.6 Å². The Morgan fingerprint density at radius 2 is 1.87 bits per heavy atom. The van der Waals surface area contributed by atoms with Crippen LogP contribution in [-0.2, 0) is 26.5 Å². The molecule has 0 atom stereocenters. The number of sulfonamides is 2. The second-order valence-corrected chi connectivity index (χ2v) is 10.9. The zero-order valence-electron chi connectivity index (χ0n) is 13.5. The number of hydrogen-bond donors (Lipinski definition) is 1.